The molecule has 1 aliphatic carbocycles. The van der Waals surface area contributed by atoms with Crippen LogP contribution in [-0.2, 0) is 19.4 Å². The molecule has 21 heavy (non-hydrogen) atoms. The van der Waals surface area contributed by atoms with Gasteiger partial charge in [-0.25, -0.2) is 0 Å². The van der Waals surface area contributed by atoms with Crippen molar-refractivity contribution in [3.63, 3.8) is 0 Å². The number of aromatic nitrogens is 3. The van der Waals surface area contributed by atoms with Gasteiger partial charge < -0.3 is 9.64 Å². The van der Waals surface area contributed by atoms with E-state index in [4.69, 9.17) is 4.74 Å². The van der Waals surface area contributed by atoms with E-state index in [0.717, 1.165) is 41.8 Å². The van der Waals surface area contributed by atoms with Crippen molar-refractivity contribution >= 4 is 5.91 Å². The van der Waals surface area contributed by atoms with E-state index in [1.165, 1.54) is 0 Å². The number of aryl methyl sites for hydroxylation is 1. The van der Waals surface area contributed by atoms with Gasteiger partial charge in [0.25, 0.3) is 5.91 Å². The Hall–Kier alpha value is -2.37. The number of H-pyrrole nitrogens is 1. The van der Waals surface area contributed by atoms with E-state index in [1.54, 1.807) is 17.3 Å². The van der Waals surface area contributed by atoms with E-state index >= 15 is 0 Å². The van der Waals surface area contributed by atoms with Crippen LogP contribution in [0.15, 0.2) is 18.5 Å². The van der Waals surface area contributed by atoms with Crippen molar-refractivity contribution < 1.29 is 9.53 Å². The molecule has 6 heteroatoms. The second-order valence-electron chi connectivity index (χ2n) is 5.44. The van der Waals surface area contributed by atoms with Crippen molar-refractivity contribution in [3.05, 3.63) is 41.0 Å². The van der Waals surface area contributed by atoms with Crippen LogP contribution in [-0.4, -0.2) is 39.1 Å². The maximum atomic E-state index is 12.8. The van der Waals surface area contributed by atoms with Gasteiger partial charge in [-0.3, -0.25) is 14.9 Å². The molecule has 4 rings (SSSR count). The molecule has 1 amide bonds. The minimum absolute atomic E-state index is 0.0188. The lowest BCUT2D eigenvalue weighted by Crippen LogP contribution is -2.33. The van der Waals surface area contributed by atoms with E-state index in [2.05, 4.69) is 15.2 Å². The zero-order chi connectivity index (χ0) is 14.2. The summed E-state index contributed by atoms with van der Waals surface area (Å²) in [4.78, 5) is 18.7. The molecule has 0 saturated heterocycles. The van der Waals surface area contributed by atoms with Crippen LogP contribution in [0.2, 0.25) is 0 Å². The van der Waals surface area contributed by atoms with Gasteiger partial charge in [-0.2, -0.15) is 5.10 Å². The average Bonchev–Trinajstić information content (AvgIpc) is 3.03. The molecule has 0 saturated carbocycles. The predicted molar refractivity (Wildman–Crippen MR) is 75.1 cm³/mol. The van der Waals surface area contributed by atoms with Crippen LogP contribution in [0, 0.1) is 0 Å². The van der Waals surface area contributed by atoms with Crippen LogP contribution in [0.5, 0.6) is 5.75 Å². The van der Waals surface area contributed by atoms with Crippen molar-refractivity contribution in [3.8, 4) is 5.75 Å². The van der Waals surface area contributed by atoms with Gasteiger partial charge in [-0.1, -0.05) is 0 Å². The molecule has 0 fully saturated rings. The summed E-state index contributed by atoms with van der Waals surface area (Å²) in [6.07, 6.45) is 6.49. The number of amides is 1. The number of aromatic amines is 1. The smallest absolute Gasteiger partial charge is 0.275 e. The Labute approximate surface area is 122 Å². The number of fused-ring (bicyclic) bond motifs is 2. The zero-order valence-electron chi connectivity index (χ0n) is 11.6. The fourth-order valence-electron chi connectivity index (χ4n) is 3.04. The van der Waals surface area contributed by atoms with E-state index in [-0.39, 0.29) is 5.91 Å². The molecule has 3 heterocycles. The first kappa shape index (κ1) is 12.4. The number of nitrogens with one attached hydrogen (secondary N) is 1. The summed E-state index contributed by atoms with van der Waals surface area (Å²) in [6.45, 7) is 1.58. The lowest BCUT2D eigenvalue weighted by Gasteiger charge is -2.18. The predicted octanol–water partition coefficient (Wildman–Crippen LogP) is 1.33. The Morgan fingerprint density at radius 2 is 2.33 bits per heavy atom. The van der Waals surface area contributed by atoms with Crippen molar-refractivity contribution in [1.82, 2.24) is 20.1 Å². The van der Waals surface area contributed by atoms with Crippen LogP contribution in [0.1, 0.15) is 33.7 Å². The van der Waals surface area contributed by atoms with Gasteiger partial charge >= 0.3 is 0 Å². The number of carbonyl (C=O) groups excluding carboxylic acids is 1. The van der Waals surface area contributed by atoms with E-state index in [1.807, 2.05) is 6.07 Å². The molecule has 0 aromatic carbocycles. The Morgan fingerprint density at radius 1 is 1.38 bits per heavy atom. The Kier molecular flexibility index (Phi) is 2.87. The minimum Gasteiger partial charge on any atom is -0.491 e. The normalized spacial score (nSPS) is 16.9. The highest BCUT2D eigenvalue weighted by Crippen LogP contribution is 2.26. The summed E-state index contributed by atoms with van der Waals surface area (Å²) in [6, 6.07) is 1.84. The molecule has 0 bridgehead atoms. The average molecular weight is 284 g/mol. The zero-order valence-corrected chi connectivity index (χ0v) is 11.6. The van der Waals surface area contributed by atoms with Crippen molar-refractivity contribution in [2.75, 3.05) is 13.2 Å². The third-order valence-corrected chi connectivity index (χ3v) is 4.13. The minimum atomic E-state index is -0.0188. The highest BCUT2D eigenvalue weighted by Gasteiger charge is 2.28. The van der Waals surface area contributed by atoms with Crippen molar-refractivity contribution in [2.24, 2.45) is 0 Å². The first-order valence-electron chi connectivity index (χ1n) is 7.24. The molecule has 0 atom stereocenters. The summed E-state index contributed by atoms with van der Waals surface area (Å²) >= 11 is 0. The number of rotatable bonds is 1. The Morgan fingerprint density at radius 3 is 3.29 bits per heavy atom. The number of hydrogen-bond acceptors (Lipinski definition) is 4. The van der Waals surface area contributed by atoms with Gasteiger partial charge in [0, 0.05) is 29.2 Å². The molecule has 2 aliphatic rings. The van der Waals surface area contributed by atoms with Gasteiger partial charge in [0.15, 0.2) is 5.69 Å². The van der Waals surface area contributed by atoms with Gasteiger partial charge in [0.05, 0.1) is 13.1 Å². The van der Waals surface area contributed by atoms with Crippen LogP contribution in [0.4, 0.5) is 0 Å². The monoisotopic (exact) mass is 284 g/mol. The fourth-order valence-corrected chi connectivity index (χ4v) is 3.04. The largest absolute Gasteiger partial charge is 0.491 e. The van der Waals surface area contributed by atoms with Crippen LogP contribution in [0.25, 0.3) is 0 Å². The van der Waals surface area contributed by atoms with Crippen LogP contribution in [0.3, 0.4) is 0 Å². The molecular weight excluding hydrogens is 268 g/mol. The third-order valence-electron chi connectivity index (χ3n) is 4.13. The molecule has 1 aliphatic heterocycles. The highest BCUT2D eigenvalue weighted by atomic mass is 16.5. The summed E-state index contributed by atoms with van der Waals surface area (Å²) in [5.41, 5.74) is 3.73. The number of carbonyl (C=O) groups is 1. The lowest BCUT2D eigenvalue weighted by molar-refractivity contribution is 0.0726. The maximum Gasteiger partial charge on any atom is 0.275 e. The molecule has 0 unspecified atom stereocenters. The van der Waals surface area contributed by atoms with Gasteiger partial charge in [-0.15, -0.1) is 0 Å². The molecule has 6 nitrogen and oxygen atoms in total. The third kappa shape index (κ3) is 2.07. The second-order valence-corrected chi connectivity index (χ2v) is 5.44. The number of pyridine rings is 1. The molecular formula is C15H16N4O2. The Balaban J connectivity index is 1.63. The summed E-state index contributed by atoms with van der Waals surface area (Å²) in [5, 5.41) is 7.23. The van der Waals surface area contributed by atoms with Gasteiger partial charge in [0.1, 0.15) is 12.4 Å². The highest BCUT2D eigenvalue weighted by molar-refractivity contribution is 5.94. The lowest BCUT2D eigenvalue weighted by atomic mass is 10.1. The molecule has 0 radical (unpaired) electrons. The molecule has 108 valence electrons. The van der Waals surface area contributed by atoms with E-state index in [0.29, 0.717) is 25.4 Å². The first-order chi connectivity index (χ1) is 10.3. The summed E-state index contributed by atoms with van der Waals surface area (Å²) in [5.74, 6) is 0.794. The van der Waals surface area contributed by atoms with Crippen molar-refractivity contribution in [2.45, 2.75) is 25.8 Å². The molecule has 2 aromatic rings. The summed E-state index contributed by atoms with van der Waals surface area (Å²) < 4.78 is 5.68. The standard InChI is InChI=1S/C15H16N4O2/c20-15(14-11-2-1-3-12(11)17-18-14)19-6-7-21-13-4-5-16-8-10(13)9-19/h4-5,8H,1-3,6-7,9H2,(H,17,18). The number of ether oxygens (including phenoxy) is 1. The van der Waals surface area contributed by atoms with Gasteiger partial charge in [0.2, 0.25) is 0 Å². The van der Waals surface area contributed by atoms with E-state index in [9.17, 15) is 4.79 Å². The topological polar surface area (TPSA) is 71.1 Å². The first-order valence-corrected chi connectivity index (χ1v) is 7.24. The quantitative estimate of drug-likeness (QED) is 0.857. The fraction of sp³-hybridized carbons (Fsp3) is 0.400. The van der Waals surface area contributed by atoms with Crippen LogP contribution < -0.4 is 4.74 Å². The van der Waals surface area contributed by atoms with E-state index < -0.39 is 0 Å². The van der Waals surface area contributed by atoms with Crippen molar-refractivity contribution in [1.29, 1.82) is 0 Å². The molecule has 0 spiro atoms. The molecule has 1 N–H and O–H groups in total. The number of hydrogen-bond donors (Lipinski definition) is 1. The van der Waals surface area contributed by atoms with Crippen LogP contribution >= 0.6 is 0 Å². The summed E-state index contributed by atoms with van der Waals surface area (Å²) in [7, 11) is 0. The SMILES string of the molecule is O=C(c1n[nH]c2c1CCC2)N1CCOc2ccncc2C1. The Bertz CT molecular complexity index is 695. The second kappa shape index (κ2) is 4.87. The number of nitrogens with zero attached hydrogens (tertiary/aromatic N) is 3. The molecule has 2 aromatic heterocycles. The van der Waals surface area contributed by atoms with Gasteiger partial charge in [-0.05, 0) is 25.3 Å². The maximum absolute atomic E-state index is 12.8.